The Kier molecular flexibility index (Phi) is 4.31. The first-order valence-electron chi connectivity index (χ1n) is 9.14. The fourth-order valence-corrected chi connectivity index (χ4v) is 4.13. The summed E-state index contributed by atoms with van der Waals surface area (Å²) in [5.41, 5.74) is 0.367. The molecule has 2 aromatic rings. The van der Waals surface area contributed by atoms with Gasteiger partial charge in [-0.25, -0.2) is 5.01 Å². The third kappa shape index (κ3) is 2.86. The highest BCUT2D eigenvalue weighted by Gasteiger charge is 2.38. The van der Waals surface area contributed by atoms with Gasteiger partial charge in [0.15, 0.2) is 22.8 Å². The minimum Gasteiger partial charge on any atom is -0.454 e. The molecular weight excluding hydrogens is 410 g/mol. The number of nitrogens with zero attached hydrogens (tertiary/aromatic N) is 4. The van der Waals surface area contributed by atoms with Crippen molar-refractivity contribution in [2.45, 2.75) is 13.1 Å². The second-order valence-corrected chi connectivity index (χ2v) is 7.78. The lowest BCUT2D eigenvalue weighted by Gasteiger charge is -2.33. The average Bonchev–Trinajstić information content (AvgIpc) is 3.19. The summed E-state index contributed by atoms with van der Waals surface area (Å²) in [6.45, 7) is 1.92. The van der Waals surface area contributed by atoms with E-state index < -0.39 is 11.1 Å². The first-order valence-corrected chi connectivity index (χ1v) is 10.1. The maximum Gasteiger partial charge on any atom is 0.280 e. The zero-order valence-corrected chi connectivity index (χ0v) is 16.5. The van der Waals surface area contributed by atoms with Crippen LogP contribution in [0.25, 0.3) is 5.70 Å². The Bertz CT molecular complexity index is 1240. The molecule has 30 heavy (non-hydrogen) atoms. The van der Waals surface area contributed by atoms with Gasteiger partial charge in [-0.15, -0.1) is 5.10 Å². The standard InChI is InChI=1S/C19H15N5O5S/c1-2-30-19-21-18(25)16-10-5-3-4-6-12(10)20-17(23(16)22-19)11-7-14-15(29-9-28-14)8-13(11)24(26)27/h3-8,17H,2,9H2,1H3,(H,21,22,25)/t17-/m1/s1. The van der Waals surface area contributed by atoms with Gasteiger partial charge in [0, 0.05) is 5.22 Å². The molecule has 3 heterocycles. The lowest BCUT2D eigenvalue weighted by molar-refractivity contribution is -0.386. The number of carbonyl (C=O) groups excluding carboxylic acids is 1. The van der Waals surface area contributed by atoms with Crippen molar-refractivity contribution < 1.29 is 19.2 Å². The van der Waals surface area contributed by atoms with E-state index in [4.69, 9.17) is 14.5 Å². The summed E-state index contributed by atoms with van der Waals surface area (Å²) in [5, 5.41) is 22.2. The smallest absolute Gasteiger partial charge is 0.280 e. The summed E-state index contributed by atoms with van der Waals surface area (Å²) < 4.78 is 10.7. The quantitative estimate of drug-likeness (QED) is 0.580. The number of hydrogen-bond acceptors (Lipinski definition) is 9. The normalized spacial score (nSPS) is 18.8. The lowest BCUT2D eigenvalue weighted by Crippen LogP contribution is -2.50. The van der Waals surface area contributed by atoms with E-state index in [1.165, 1.54) is 28.9 Å². The summed E-state index contributed by atoms with van der Waals surface area (Å²) in [5.74, 6) is 1.05. The molecule has 0 bridgehead atoms. The SMILES string of the molecule is CCSC1=NN2C(=c3ccccc3=N[C@H]2c2cc3c(cc2[N+](=O)[O-])OCO3)C(=O)N1. The average molecular weight is 425 g/mol. The number of amides is 1. The second kappa shape index (κ2) is 7.02. The molecule has 0 spiro atoms. The highest BCUT2D eigenvalue weighted by molar-refractivity contribution is 8.13. The number of ether oxygens (including phenoxy) is 2. The Balaban J connectivity index is 1.77. The number of benzene rings is 2. The van der Waals surface area contributed by atoms with E-state index in [0.29, 0.717) is 33.0 Å². The van der Waals surface area contributed by atoms with Crippen LogP contribution in [-0.4, -0.2) is 33.6 Å². The zero-order chi connectivity index (χ0) is 20.8. The number of nitrogens with one attached hydrogen (secondary N) is 1. The summed E-state index contributed by atoms with van der Waals surface area (Å²) >= 11 is 1.36. The molecule has 0 aromatic heterocycles. The minimum atomic E-state index is -0.914. The topological polar surface area (TPSA) is 119 Å². The lowest BCUT2D eigenvalue weighted by atomic mass is 10.1. The van der Waals surface area contributed by atoms with Crippen molar-refractivity contribution in [2.75, 3.05) is 12.5 Å². The molecule has 0 aliphatic carbocycles. The molecule has 0 radical (unpaired) electrons. The van der Waals surface area contributed by atoms with Gasteiger partial charge < -0.3 is 9.47 Å². The molecule has 1 amide bonds. The molecule has 0 saturated carbocycles. The number of rotatable bonds is 3. The number of hydrazone groups is 1. The molecule has 2 aromatic carbocycles. The van der Waals surface area contributed by atoms with Crippen molar-refractivity contribution in [2.24, 2.45) is 10.1 Å². The van der Waals surface area contributed by atoms with Crippen LogP contribution < -0.4 is 25.4 Å². The Morgan fingerprint density at radius 1 is 1.30 bits per heavy atom. The zero-order valence-electron chi connectivity index (χ0n) is 15.7. The van der Waals surface area contributed by atoms with Crippen LogP contribution >= 0.6 is 11.8 Å². The maximum atomic E-state index is 13.0. The fraction of sp³-hybridized carbons (Fsp3) is 0.211. The number of nitro groups is 1. The highest BCUT2D eigenvalue weighted by atomic mass is 32.2. The number of amidine groups is 1. The van der Waals surface area contributed by atoms with Gasteiger partial charge in [0.25, 0.3) is 11.6 Å². The van der Waals surface area contributed by atoms with Gasteiger partial charge >= 0.3 is 0 Å². The van der Waals surface area contributed by atoms with Crippen LogP contribution in [0.4, 0.5) is 5.69 Å². The maximum absolute atomic E-state index is 13.0. The van der Waals surface area contributed by atoms with E-state index in [1.54, 1.807) is 24.3 Å². The van der Waals surface area contributed by atoms with Crippen molar-refractivity contribution >= 4 is 34.2 Å². The Labute approximate surface area is 174 Å². The Hall–Kier alpha value is -3.60. The molecular formula is C19H15N5O5S. The Morgan fingerprint density at radius 3 is 2.83 bits per heavy atom. The van der Waals surface area contributed by atoms with E-state index in [-0.39, 0.29) is 29.6 Å². The largest absolute Gasteiger partial charge is 0.454 e. The first-order chi connectivity index (χ1) is 14.6. The van der Waals surface area contributed by atoms with Gasteiger partial charge in [0.1, 0.15) is 5.70 Å². The van der Waals surface area contributed by atoms with Gasteiger partial charge in [-0.2, -0.15) is 0 Å². The molecule has 1 N–H and O–H groups in total. The molecule has 3 aliphatic rings. The number of nitro benzene ring substituents is 1. The van der Waals surface area contributed by atoms with Crippen molar-refractivity contribution in [1.29, 1.82) is 0 Å². The van der Waals surface area contributed by atoms with Crippen molar-refractivity contribution in [3.05, 3.63) is 62.7 Å². The molecule has 3 aliphatic heterocycles. The molecule has 5 rings (SSSR count). The molecule has 0 fully saturated rings. The number of fused-ring (bicyclic) bond motifs is 3. The summed E-state index contributed by atoms with van der Waals surface area (Å²) in [6, 6.07) is 10.00. The van der Waals surface area contributed by atoms with Crippen LogP contribution in [0.3, 0.4) is 0 Å². The van der Waals surface area contributed by atoms with Crippen molar-refractivity contribution in [3.8, 4) is 11.5 Å². The third-order valence-corrected chi connectivity index (χ3v) is 5.54. The van der Waals surface area contributed by atoms with E-state index >= 15 is 0 Å². The van der Waals surface area contributed by atoms with E-state index in [1.807, 2.05) is 6.92 Å². The van der Waals surface area contributed by atoms with Gasteiger partial charge in [0.2, 0.25) is 6.79 Å². The fourth-order valence-electron chi connectivity index (χ4n) is 3.54. The van der Waals surface area contributed by atoms with Crippen molar-refractivity contribution in [3.63, 3.8) is 0 Å². The second-order valence-electron chi connectivity index (χ2n) is 6.53. The van der Waals surface area contributed by atoms with Crippen LogP contribution in [0.1, 0.15) is 18.7 Å². The number of hydrogen-bond donors (Lipinski definition) is 1. The van der Waals surface area contributed by atoms with E-state index in [2.05, 4.69) is 10.4 Å². The van der Waals surface area contributed by atoms with Gasteiger partial charge in [-0.3, -0.25) is 25.2 Å². The van der Waals surface area contributed by atoms with Gasteiger partial charge in [0.05, 0.1) is 21.9 Å². The van der Waals surface area contributed by atoms with Crippen LogP contribution in [0.15, 0.2) is 46.5 Å². The summed E-state index contributed by atoms with van der Waals surface area (Å²) in [7, 11) is 0. The molecule has 11 heteroatoms. The predicted molar refractivity (Wildman–Crippen MR) is 108 cm³/mol. The molecule has 152 valence electrons. The van der Waals surface area contributed by atoms with Crippen LogP contribution in [0.5, 0.6) is 11.5 Å². The van der Waals surface area contributed by atoms with E-state index in [0.717, 1.165) is 0 Å². The molecule has 10 nitrogen and oxygen atoms in total. The molecule has 0 saturated heterocycles. The van der Waals surface area contributed by atoms with Crippen LogP contribution in [-0.2, 0) is 4.79 Å². The molecule has 0 unspecified atom stereocenters. The number of thioether (sulfide) groups is 1. The van der Waals surface area contributed by atoms with E-state index in [9.17, 15) is 14.9 Å². The molecule has 1 atom stereocenters. The monoisotopic (exact) mass is 425 g/mol. The third-order valence-electron chi connectivity index (χ3n) is 4.79. The van der Waals surface area contributed by atoms with Crippen LogP contribution in [0.2, 0.25) is 0 Å². The summed E-state index contributed by atoms with van der Waals surface area (Å²) in [4.78, 5) is 29.0. The Morgan fingerprint density at radius 2 is 2.07 bits per heavy atom. The predicted octanol–water partition coefficient (Wildman–Crippen LogP) is 1.22. The first kappa shape index (κ1) is 18.4. The highest BCUT2D eigenvalue weighted by Crippen LogP contribution is 2.43. The van der Waals surface area contributed by atoms with Crippen LogP contribution in [0, 0.1) is 10.1 Å². The number of para-hydroxylation sites is 1. The minimum absolute atomic E-state index is 0.0144. The van der Waals surface area contributed by atoms with Crippen molar-refractivity contribution in [1.82, 2.24) is 10.3 Å². The van der Waals surface area contributed by atoms with Gasteiger partial charge in [-0.1, -0.05) is 36.9 Å². The number of carbonyl (C=O) groups is 1. The summed E-state index contributed by atoms with van der Waals surface area (Å²) in [6.07, 6.45) is -0.914. The van der Waals surface area contributed by atoms with Gasteiger partial charge in [-0.05, 0) is 17.9 Å².